The Labute approximate surface area is 206 Å². The zero-order chi connectivity index (χ0) is 25.7. The molecule has 1 aromatic carbocycles. The van der Waals surface area contributed by atoms with E-state index >= 15 is 0 Å². The fourth-order valence-electron chi connectivity index (χ4n) is 3.48. The standard InChI is InChI=1S/C17H26BrN5O9S2/c1-19-5-3-6-21(9-8-19)34(30,31)16-13-14(22(24)25)12-15(23(26)27)17(16)20(7-4-18)10-11-32-33(2,28)29/h12-13H,3-11H2,1-2H3. The van der Waals surface area contributed by atoms with Gasteiger partial charge in [0.15, 0.2) is 0 Å². The van der Waals surface area contributed by atoms with Crippen molar-refractivity contribution in [1.82, 2.24) is 9.21 Å². The van der Waals surface area contributed by atoms with E-state index < -0.39 is 52.9 Å². The van der Waals surface area contributed by atoms with Crippen LogP contribution in [-0.4, -0.2) is 100 Å². The fraction of sp³-hybridized carbons (Fsp3) is 0.647. The number of nitrogens with zero attached hydrogens (tertiary/aromatic N) is 5. The molecule has 0 aromatic heterocycles. The van der Waals surface area contributed by atoms with E-state index in [-0.39, 0.29) is 37.2 Å². The summed E-state index contributed by atoms with van der Waals surface area (Å²) in [6, 6.07) is 1.51. The molecule has 0 amide bonds. The Morgan fingerprint density at radius 1 is 1.06 bits per heavy atom. The lowest BCUT2D eigenvalue weighted by Gasteiger charge is -2.28. The predicted molar refractivity (Wildman–Crippen MR) is 127 cm³/mol. The van der Waals surface area contributed by atoms with Crippen molar-refractivity contribution >= 4 is 53.1 Å². The van der Waals surface area contributed by atoms with Crippen LogP contribution in [0.1, 0.15) is 6.42 Å². The summed E-state index contributed by atoms with van der Waals surface area (Å²) < 4.78 is 55.9. The quantitative estimate of drug-likeness (QED) is 0.156. The third-order valence-corrected chi connectivity index (χ3v) is 7.93. The van der Waals surface area contributed by atoms with Crippen LogP contribution in [0.25, 0.3) is 0 Å². The van der Waals surface area contributed by atoms with Crippen LogP contribution in [0, 0.1) is 20.2 Å². The Hall–Kier alpha value is -1.92. The number of anilines is 1. The van der Waals surface area contributed by atoms with E-state index in [1.165, 1.54) is 4.90 Å². The third kappa shape index (κ3) is 7.29. The molecule has 192 valence electrons. The maximum atomic E-state index is 13.7. The van der Waals surface area contributed by atoms with Gasteiger partial charge in [-0.25, -0.2) is 8.42 Å². The Balaban J connectivity index is 2.71. The summed E-state index contributed by atoms with van der Waals surface area (Å²) in [5.74, 6) is 0. The first kappa shape index (κ1) is 28.3. The number of non-ortho nitro benzene ring substituents is 1. The van der Waals surface area contributed by atoms with Crippen molar-refractivity contribution in [2.45, 2.75) is 11.3 Å². The van der Waals surface area contributed by atoms with Gasteiger partial charge in [-0.2, -0.15) is 12.7 Å². The summed E-state index contributed by atoms with van der Waals surface area (Å²) in [6.45, 7) is 0.710. The molecule has 0 radical (unpaired) electrons. The van der Waals surface area contributed by atoms with Gasteiger partial charge in [0.05, 0.1) is 28.8 Å². The van der Waals surface area contributed by atoms with Crippen molar-refractivity contribution in [3.05, 3.63) is 32.4 Å². The molecule has 0 saturated carbocycles. The van der Waals surface area contributed by atoms with E-state index in [2.05, 4.69) is 15.9 Å². The summed E-state index contributed by atoms with van der Waals surface area (Å²) in [6.07, 6.45) is 1.35. The predicted octanol–water partition coefficient (Wildman–Crippen LogP) is 1.01. The van der Waals surface area contributed by atoms with Gasteiger partial charge in [0.1, 0.15) is 10.6 Å². The molecular weight excluding hydrogens is 562 g/mol. The lowest BCUT2D eigenvalue weighted by atomic mass is 10.2. The molecule has 0 atom stereocenters. The number of sulfonamides is 1. The van der Waals surface area contributed by atoms with Crippen LogP contribution in [0.3, 0.4) is 0 Å². The number of nitro groups is 2. The van der Waals surface area contributed by atoms with Crippen molar-refractivity contribution in [3.63, 3.8) is 0 Å². The van der Waals surface area contributed by atoms with Gasteiger partial charge in [0, 0.05) is 44.1 Å². The fourth-order valence-corrected chi connectivity index (χ4v) is 6.00. The molecular formula is C17H26BrN5O9S2. The van der Waals surface area contributed by atoms with Gasteiger partial charge in [-0.15, -0.1) is 0 Å². The van der Waals surface area contributed by atoms with Crippen LogP contribution in [0.4, 0.5) is 17.1 Å². The maximum Gasteiger partial charge on any atom is 0.300 e. The normalized spacial score (nSPS) is 16.2. The molecule has 14 nitrogen and oxygen atoms in total. The van der Waals surface area contributed by atoms with E-state index in [4.69, 9.17) is 4.18 Å². The molecule has 0 spiro atoms. The summed E-state index contributed by atoms with van der Waals surface area (Å²) >= 11 is 3.20. The summed E-state index contributed by atoms with van der Waals surface area (Å²) in [5, 5.41) is 23.6. The molecule has 1 saturated heterocycles. The van der Waals surface area contributed by atoms with E-state index in [1.54, 1.807) is 0 Å². The van der Waals surface area contributed by atoms with E-state index in [0.717, 1.165) is 16.6 Å². The van der Waals surface area contributed by atoms with Crippen molar-refractivity contribution < 1.29 is 30.9 Å². The second kappa shape index (κ2) is 11.7. The third-order valence-electron chi connectivity index (χ3n) is 5.07. The number of likely N-dealkylation sites (N-methyl/N-ethyl adjacent to an activating group) is 1. The Morgan fingerprint density at radius 2 is 1.74 bits per heavy atom. The van der Waals surface area contributed by atoms with Crippen LogP contribution in [0.5, 0.6) is 0 Å². The molecule has 1 aliphatic heterocycles. The Kier molecular flexibility index (Phi) is 9.72. The number of hydrogen-bond donors (Lipinski definition) is 0. The van der Waals surface area contributed by atoms with Gasteiger partial charge in [-0.3, -0.25) is 24.4 Å². The van der Waals surface area contributed by atoms with Crippen molar-refractivity contribution in [1.29, 1.82) is 0 Å². The Morgan fingerprint density at radius 3 is 2.29 bits per heavy atom. The average molecular weight is 588 g/mol. The van der Waals surface area contributed by atoms with Crippen molar-refractivity contribution in [2.24, 2.45) is 0 Å². The summed E-state index contributed by atoms with van der Waals surface area (Å²) in [4.78, 5) is 24.2. The van der Waals surface area contributed by atoms with Crippen LogP contribution in [0.15, 0.2) is 17.0 Å². The van der Waals surface area contributed by atoms with Crippen LogP contribution in [-0.2, 0) is 24.3 Å². The highest BCUT2D eigenvalue weighted by molar-refractivity contribution is 9.09. The highest BCUT2D eigenvalue weighted by atomic mass is 79.9. The lowest BCUT2D eigenvalue weighted by Crippen LogP contribution is -2.37. The lowest BCUT2D eigenvalue weighted by molar-refractivity contribution is -0.394. The average Bonchev–Trinajstić information content (AvgIpc) is 2.96. The minimum Gasteiger partial charge on any atom is -0.362 e. The molecule has 1 heterocycles. The zero-order valence-corrected chi connectivity index (χ0v) is 21.8. The molecule has 1 aromatic rings. The van der Waals surface area contributed by atoms with E-state index in [1.807, 2.05) is 11.9 Å². The van der Waals surface area contributed by atoms with Gasteiger partial charge in [0.25, 0.3) is 15.8 Å². The highest BCUT2D eigenvalue weighted by Gasteiger charge is 2.37. The molecule has 0 N–H and O–H groups in total. The number of nitro benzene ring substituents is 2. The largest absolute Gasteiger partial charge is 0.362 e. The molecule has 0 aliphatic carbocycles. The first-order valence-corrected chi connectivity index (χ1v) is 14.5. The van der Waals surface area contributed by atoms with Gasteiger partial charge >= 0.3 is 5.69 Å². The van der Waals surface area contributed by atoms with Crippen molar-refractivity contribution in [3.8, 4) is 0 Å². The monoisotopic (exact) mass is 587 g/mol. The van der Waals surface area contributed by atoms with E-state index in [0.29, 0.717) is 25.6 Å². The van der Waals surface area contributed by atoms with Crippen molar-refractivity contribution in [2.75, 3.05) is 69.4 Å². The van der Waals surface area contributed by atoms with Gasteiger partial charge in [0.2, 0.25) is 10.0 Å². The number of hydrogen-bond acceptors (Lipinski definition) is 11. The second-order valence-corrected chi connectivity index (χ2v) is 11.9. The second-order valence-electron chi connectivity index (χ2n) is 7.59. The van der Waals surface area contributed by atoms with Crippen LogP contribution in [0.2, 0.25) is 0 Å². The SMILES string of the molecule is CN1CCCN(S(=O)(=O)c2cc([N+](=O)[O-])cc([N+](=O)[O-])c2N(CCBr)CCOS(C)(=O)=O)CC1. The minimum atomic E-state index is -4.39. The number of rotatable bonds is 11. The number of benzene rings is 1. The van der Waals surface area contributed by atoms with Crippen LogP contribution < -0.4 is 4.90 Å². The molecule has 2 rings (SSSR count). The zero-order valence-electron chi connectivity index (χ0n) is 18.6. The molecule has 0 unspecified atom stereocenters. The molecule has 1 fully saturated rings. The highest BCUT2D eigenvalue weighted by Crippen LogP contribution is 2.40. The topological polar surface area (TPSA) is 174 Å². The van der Waals surface area contributed by atoms with Gasteiger partial charge in [-0.1, -0.05) is 15.9 Å². The first-order valence-electron chi connectivity index (χ1n) is 10.1. The van der Waals surface area contributed by atoms with Gasteiger partial charge < -0.3 is 9.80 Å². The van der Waals surface area contributed by atoms with Gasteiger partial charge in [-0.05, 0) is 20.0 Å². The molecule has 1 aliphatic rings. The smallest absolute Gasteiger partial charge is 0.300 e. The minimum absolute atomic E-state index is 0.0387. The first-order chi connectivity index (χ1) is 15.8. The number of halogens is 1. The molecule has 34 heavy (non-hydrogen) atoms. The summed E-state index contributed by atoms with van der Waals surface area (Å²) in [5.41, 5.74) is -1.88. The summed E-state index contributed by atoms with van der Waals surface area (Å²) in [7, 11) is -6.37. The van der Waals surface area contributed by atoms with E-state index in [9.17, 15) is 37.1 Å². The maximum absolute atomic E-state index is 13.7. The molecule has 0 bridgehead atoms. The number of alkyl halides is 1. The molecule has 17 heteroatoms. The van der Waals surface area contributed by atoms with Crippen LogP contribution >= 0.6 is 15.9 Å². The Bertz CT molecular complexity index is 1130.